The van der Waals surface area contributed by atoms with Crippen molar-refractivity contribution in [3.05, 3.63) is 29.8 Å². The number of ether oxygens (including phenoxy) is 2. The summed E-state index contributed by atoms with van der Waals surface area (Å²) in [6.07, 6.45) is 0.0871. The van der Waals surface area contributed by atoms with Gasteiger partial charge in [0.15, 0.2) is 0 Å². The quantitative estimate of drug-likeness (QED) is 0.779. The van der Waals surface area contributed by atoms with E-state index >= 15 is 0 Å². The summed E-state index contributed by atoms with van der Waals surface area (Å²) in [5, 5.41) is 3.58. The molecule has 0 spiro atoms. The third-order valence-corrected chi connectivity index (χ3v) is 3.48. The standard InChI is InChI=1S/C18H31NO2/c1-7-19-16(17(21-9-3)18(4,5)6)14-12-10-11-13-15(14)20-8-2/h10-13,16-17,19H,7-9H2,1-6H3. The van der Waals surface area contributed by atoms with Crippen molar-refractivity contribution in [1.82, 2.24) is 5.32 Å². The van der Waals surface area contributed by atoms with Gasteiger partial charge in [-0.2, -0.15) is 0 Å². The molecule has 2 atom stereocenters. The number of benzene rings is 1. The highest BCUT2D eigenvalue weighted by atomic mass is 16.5. The first-order chi connectivity index (χ1) is 9.95. The first kappa shape index (κ1) is 18.0. The van der Waals surface area contributed by atoms with Gasteiger partial charge in [0.05, 0.1) is 18.8 Å². The van der Waals surface area contributed by atoms with Crippen LogP contribution in [0.25, 0.3) is 0 Å². The number of para-hydroxylation sites is 1. The van der Waals surface area contributed by atoms with Gasteiger partial charge in [0.25, 0.3) is 0 Å². The summed E-state index contributed by atoms with van der Waals surface area (Å²) in [6, 6.07) is 8.38. The third-order valence-electron chi connectivity index (χ3n) is 3.48. The van der Waals surface area contributed by atoms with E-state index in [1.807, 2.05) is 19.1 Å². The first-order valence-corrected chi connectivity index (χ1v) is 8.02. The van der Waals surface area contributed by atoms with Crippen LogP contribution in [-0.4, -0.2) is 25.9 Å². The topological polar surface area (TPSA) is 30.5 Å². The summed E-state index contributed by atoms with van der Waals surface area (Å²) in [7, 11) is 0. The van der Waals surface area contributed by atoms with E-state index in [1.165, 1.54) is 5.56 Å². The van der Waals surface area contributed by atoms with E-state index in [1.54, 1.807) is 0 Å². The van der Waals surface area contributed by atoms with Crippen LogP contribution in [-0.2, 0) is 4.74 Å². The zero-order chi connectivity index (χ0) is 15.9. The zero-order valence-corrected chi connectivity index (χ0v) is 14.4. The molecule has 1 aromatic carbocycles. The molecule has 1 aromatic rings. The van der Waals surface area contributed by atoms with Crippen molar-refractivity contribution in [2.75, 3.05) is 19.8 Å². The molecule has 0 aliphatic carbocycles. The zero-order valence-electron chi connectivity index (χ0n) is 14.4. The molecule has 3 heteroatoms. The van der Waals surface area contributed by atoms with Gasteiger partial charge < -0.3 is 14.8 Å². The highest BCUT2D eigenvalue weighted by Gasteiger charge is 2.34. The van der Waals surface area contributed by atoms with Gasteiger partial charge in [0.1, 0.15) is 5.75 Å². The van der Waals surface area contributed by atoms with Crippen molar-refractivity contribution in [1.29, 1.82) is 0 Å². The Morgan fingerprint density at radius 1 is 1.05 bits per heavy atom. The van der Waals surface area contributed by atoms with E-state index in [-0.39, 0.29) is 17.6 Å². The van der Waals surface area contributed by atoms with Crippen LogP contribution in [0.4, 0.5) is 0 Å². The summed E-state index contributed by atoms with van der Waals surface area (Å²) >= 11 is 0. The Kier molecular flexibility index (Phi) is 7.20. The van der Waals surface area contributed by atoms with Crippen LogP contribution >= 0.6 is 0 Å². The number of likely N-dealkylation sites (N-methyl/N-ethyl adjacent to an activating group) is 1. The minimum Gasteiger partial charge on any atom is -0.494 e. The number of rotatable bonds is 8. The average molecular weight is 293 g/mol. The second-order valence-electron chi connectivity index (χ2n) is 6.25. The molecular weight excluding hydrogens is 262 g/mol. The summed E-state index contributed by atoms with van der Waals surface area (Å²) in [5.41, 5.74) is 1.22. The number of nitrogens with one attached hydrogen (secondary N) is 1. The molecule has 0 aliphatic rings. The summed E-state index contributed by atoms with van der Waals surface area (Å²) in [4.78, 5) is 0. The molecule has 0 saturated carbocycles. The molecule has 0 heterocycles. The molecule has 0 amide bonds. The Morgan fingerprint density at radius 2 is 1.71 bits per heavy atom. The van der Waals surface area contributed by atoms with Crippen LogP contribution in [0.3, 0.4) is 0 Å². The van der Waals surface area contributed by atoms with Gasteiger partial charge in [-0.15, -0.1) is 0 Å². The van der Waals surface area contributed by atoms with Gasteiger partial charge in [-0.1, -0.05) is 45.9 Å². The second kappa shape index (κ2) is 8.40. The lowest BCUT2D eigenvalue weighted by molar-refractivity contribution is -0.0367. The van der Waals surface area contributed by atoms with Crippen molar-refractivity contribution < 1.29 is 9.47 Å². The lowest BCUT2D eigenvalue weighted by Crippen LogP contribution is -2.42. The Hall–Kier alpha value is -1.06. The Labute approximate surface area is 130 Å². The van der Waals surface area contributed by atoms with Crippen molar-refractivity contribution in [3.63, 3.8) is 0 Å². The molecule has 0 bridgehead atoms. The predicted molar refractivity (Wildman–Crippen MR) is 88.9 cm³/mol. The smallest absolute Gasteiger partial charge is 0.124 e. The molecule has 3 nitrogen and oxygen atoms in total. The monoisotopic (exact) mass is 293 g/mol. The van der Waals surface area contributed by atoms with Crippen molar-refractivity contribution >= 4 is 0 Å². The van der Waals surface area contributed by atoms with Crippen LogP contribution < -0.4 is 10.1 Å². The van der Waals surface area contributed by atoms with Gasteiger partial charge >= 0.3 is 0 Å². The highest BCUT2D eigenvalue weighted by molar-refractivity contribution is 5.37. The van der Waals surface area contributed by atoms with Gasteiger partial charge in [0.2, 0.25) is 0 Å². The predicted octanol–water partition coefficient (Wildman–Crippen LogP) is 4.19. The molecule has 2 unspecified atom stereocenters. The third kappa shape index (κ3) is 5.01. The maximum atomic E-state index is 6.09. The van der Waals surface area contributed by atoms with Gasteiger partial charge in [-0.05, 0) is 31.9 Å². The summed E-state index contributed by atoms with van der Waals surface area (Å²) in [6.45, 7) is 15.1. The van der Waals surface area contributed by atoms with Crippen LogP contribution in [0.2, 0.25) is 0 Å². The summed E-state index contributed by atoms with van der Waals surface area (Å²) in [5.74, 6) is 0.944. The second-order valence-corrected chi connectivity index (χ2v) is 6.25. The Bertz CT molecular complexity index is 412. The fourth-order valence-corrected chi connectivity index (χ4v) is 2.65. The first-order valence-electron chi connectivity index (χ1n) is 8.02. The normalized spacial score (nSPS) is 14.8. The van der Waals surface area contributed by atoms with E-state index < -0.39 is 0 Å². The van der Waals surface area contributed by atoms with Gasteiger partial charge in [0, 0.05) is 12.2 Å². The van der Waals surface area contributed by atoms with Crippen molar-refractivity contribution in [2.45, 2.75) is 53.7 Å². The summed E-state index contributed by atoms with van der Waals surface area (Å²) < 4.78 is 11.9. The number of hydrogen-bond acceptors (Lipinski definition) is 3. The van der Waals surface area contributed by atoms with Gasteiger partial charge in [-0.25, -0.2) is 0 Å². The highest BCUT2D eigenvalue weighted by Crippen LogP contribution is 2.36. The molecule has 21 heavy (non-hydrogen) atoms. The largest absolute Gasteiger partial charge is 0.494 e. The molecule has 1 N–H and O–H groups in total. The minimum atomic E-state index is 0.0438. The van der Waals surface area contributed by atoms with Crippen molar-refractivity contribution in [2.24, 2.45) is 5.41 Å². The molecule has 0 fully saturated rings. The fourth-order valence-electron chi connectivity index (χ4n) is 2.65. The molecule has 0 aliphatic heterocycles. The van der Waals surface area contributed by atoms with Crippen LogP contribution in [0.1, 0.15) is 53.1 Å². The lowest BCUT2D eigenvalue weighted by atomic mass is 9.81. The van der Waals surface area contributed by atoms with Crippen LogP contribution in [0, 0.1) is 5.41 Å². The maximum Gasteiger partial charge on any atom is 0.124 e. The molecule has 1 rings (SSSR count). The van der Waals surface area contributed by atoms with Crippen LogP contribution in [0.15, 0.2) is 24.3 Å². The van der Waals surface area contributed by atoms with E-state index in [0.29, 0.717) is 13.2 Å². The number of hydrogen-bond donors (Lipinski definition) is 1. The fraction of sp³-hybridized carbons (Fsp3) is 0.667. The minimum absolute atomic E-state index is 0.0438. The Morgan fingerprint density at radius 3 is 2.24 bits per heavy atom. The van der Waals surface area contributed by atoms with E-state index in [9.17, 15) is 0 Å². The van der Waals surface area contributed by atoms with Crippen molar-refractivity contribution in [3.8, 4) is 5.75 Å². The van der Waals surface area contributed by atoms with E-state index in [2.05, 4.69) is 52.1 Å². The van der Waals surface area contributed by atoms with E-state index in [4.69, 9.17) is 9.47 Å². The molecule has 120 valence electrons. The Balaban J connectivity index is 3.20. The van der Waals surface area contributed by atoms with Gasteiger partial charge in [-0.3, -0.25) is 0 Å². The van der Waals surface area contributed by atoms with E-state index in [0.717, 1.165) is 12.3 Å². The maximum absolute atomic E-state index is 6.09. The van der Waals surface area contributed by atoms with Crippen LogP contribution in [0.5, 0.6) is 5.75 Å². The molecule has 0 radical (unpaired) electrons. The molecule has 0 saturated heterocycles. The molecule has 0 aromatic heterocycles. The SMILES string of the molecule is CCNC(c1ccccc1OCC)C(OCC)C(C)(C)C. The average Bonchev–Trinajstić information content (AvgIpc) is 2.43. The molecular formula is C18H31NO2. The lowest BCUT2D eigenvalue weighted by Gasteiger charge is -2.38.